The van der Waals surface area contributed by atoms with Crippen LogP contribution in [-0.4, -0.2) is 43.6 Å². The van der Waals surface area contributed by atoms with Crippen molar-refractivity contribution in [3.8, 4) is 5.75 Å². The molecule has 0 spiro atoms. The van der Waals surface area contributed by atoms with Crippen molar-refractivity contribution < 1.29 is 9.53 Å². The van der Waals surface area contributed by atoms with E-state index in [1.807, 2.05) is 24.3 Å². The van der Waals surface area contributed by atoms with E-state index in [0.717, 1.165) is 18.0 Å². The second kappa shape index (κ2) is 8.00. The van der Waals surface area contributed by atoms with Crippen LogP contribution >= 0.6 is 0 Å². The predicted molar refractivity (Wildman–Crippen MR) is 84.5 cm³/mol. The van der Waals surface area contributed by atoms with Crippen LogP contribution in [0.1, 0.15) is 25.7 Å². The molecule has 0 unspecified atom stereocenters. The highest BCUT2D eigenvalue weighted by molar-refractivity contribution is 5.92. The Bertz CT molecular complexity index is 441. The van der Waals surface area contributed by atoms with Crippen LogP contribution in [0, 0.1) is 0 Å². The van der Waals surface area contributed by atoms with Gasteiger partial charge in [0.2, 0.25) is 5.91 Å². The minimum absolute atomic E-state index is 0.0144. The second-order valence-corrected chi connectivity index (χ2v) is 5.47. The molecule has 0 heterocycles. The molecule has 1 aliphatic rings. The first kappa shape index (κ1) is 15.8. The summed E-state index contributed by atoms with van der Waals surface area (Å²) >= 11 is 0. The Balaban J connectivity index is 1.88. The zero-order chi connectivity index (χ0) is 15.1. The minimum atomic E-state index is 0.0144. The molecule has 0 bridgehead atoms. The van der Waals surface area contributed by atoms with Gasteiger partial charge in [0.15, 0.2) is 0 Å². The van der Waals surface area contributed by atoms with Gasteiger partial charge < -0.3 is 15.8 Å². The third-order valence-corrected chi connectivity index (χ3v) is 3.98. The Morgan fingerprint density at radius 1 is 1.33 bits per heavy atom. The molecule has 5 heteroatoms. The highest BCUT2D eigenvalue weighted by Gasteiger charge is 2.23. The number of rotatable bonds is 7. The largest absolute Gasteiger partial charge is 0.497 e. The first-order valence-corrected chi connectivity index (χ1v) is 7.61. The van der Waals surface area contributed by atoms with E-state index >= 15 is 0 Å². The normalized spacial score (nSPS) is 15.4. The average molecular weight is 291 g/mol. The number of carbonyl (C=O) groups excluding carboxylic acids is 1. The number of hydrogen-bond donors (Lipinski definition) is 2. The maximum absolute atomic E-state index is 12.2. The predicted octanol–water partition coefficient (Wildman–Crippen LogP) is 1.84. The molecule has 5 nitrogen and oxygen atoms in total. The van der Waals surface area contributed by atoms with E-state index in [0.29, 0.717) is 19.1 Å². The third-order valence-electron chi connectivity index (χ3n) is 3.98. The second-order valence-electron chi connectivity index (χ2n) is 5.47. The zero-order valence-corrected chi connectivity index (χ0v) is 12.7. The molecule has 21 heavy (non-hydrogen) atoms. The first-order chi connectivity index (χ1) is 10.2. The monoisotopic (exact) mass is 291 g/mol. The Hall–Kier alpha value is -1.59. The molecule has 0 aromatic heterocycles. The van der Waals surface area contributed by atoms with Crippen molar-refractivity contribution >= 4 is 11.6 Å². The molecule has 0 aliphatic heterocycles. The summed E-state index contributed by atoms with van der Waals surface area (Å²) in [4.78, 5) is 14.4. The van der Waals surface area contributed by atoms with Crippen molar-refractivity contribution in [2.24, 2.45) is 5.73 Å². The summed E-state index contributed by atoms with van der Waals surface area (Å²) in [5, 5.41) is 2.93. The average Bonchev–Trinajstić information content (AvgIpc) is 3.02. The van der Waals surface area contributed by atoms with Crippen molar-refractivity contribution in [2.75, 3.05) is 32.1 Å². The van der Waals surface area contributed by atoms with E-state index < -0.39 is 0 Å². The van der Waals surface area contributed by atoms with Gasteiger partial charge in [-0.3, -0.25) is 9.69 Å². The first-order valence-electron chi connectivity index (χ1n) is 7.61. The van der Waals surface area contributed by atoms with Crippen molar-refractivity contribution in [3.63, 3.8) is 0 Å². The zero-order valence-electron chi connectivity index (χ0n) is 12.7. The van der Waals surface area contributed by atoms with Crippen LogP contribution in [0.5, 0.6) is 5.75 Å². The van der Waals surface area contributed by atoms with Crippen LogP contribution in [0.4, 0.5) is 5.69 Å². The smallest absolute Gasteiger partial charge is 0.238 e. The van der Waals surface area contributed by atoms with E-state index in [9.17, 15) is 4.79 Å². The highest BCUT2D eigenvalue weighted by atomic mass is 16.5. The lowest BCUT2D eigenvalue weighted by Gasteiger charge is -2.27. The van der Waals surface area contributed by atoms with Gasteiger partial charge in [0.05, 0.1) is 13.7 Å². The molecule has 1 fully saturated rings. The van der Waals surface area contributed by atoms with Crippen LogP contribution in [0.25, 0.3) is 0 Å². The number of carbonyl (C=O) groups is 1. The molecule has 1 saturated carbocycles. The lowest BCUT2D eigenvalue weighted by molar-refractivity contribution is -0.117. The molecule has 0 radical (unpaired) electrons. The Morgan fingerprint density at radius 3 is 2.57 bits per heavy atom. The Morgan fingerprint density at radius 2 is 2.00 bits per heavy atom. The van der Waals surface area contributed by atoms with Gasteiger partial charge in [-0.1, -0.05) is 12.8 Å². The third kappa shape index (κ3) is 4.72. The van der Waals surface area contributed by atoms with E-state index in [2.05, 4.69) is 10.2 Å². The van der Waals surface area contributed by atoms with E-state index in [4.69, 9.17) is 10.5 Å². The van der Waals surface area contributed by atoms with Gasteiger partial charge in [0, 0.05) is 24.8 Å². The van der Waals surface area contributed by atoms with Crippen molar-refractivity contribution in [1.29, 1.82) is 0 Å². The van der Waals surface area contributed by atoms with Crippen molar-refractivity contribution in [1.82, 2.24) is 4.90 Å². The van der Waals surface area contributed by atoms with E-state index in [1.54, 1.807) is 7.11 Å². The van der Waals surface area contributed by atoms with Crippen molar-refractivity contribution in [2.45, 2.75) is 31.7 Å². The lowest BCUT2D eigenvalue weighted by atomic mass is 10.2. The van der Waals surface area contributed by atoms with E-state index in [1.165, 1.54) is 25.7 Å². The van der Waals surface area contributed by atoms with Crippen LogP contribution in [-0.2, 0) is 4.79 Å². The molecule has 1 aromatic rings. The Kier molecular flexibility index (Phi) is 6.02. The lowest BCUT2D eigenvalue weighted by Crippen LogP contribution is -2.42. The molecular formula is C16H25N3O2. The summed E-state index contributed by atoms with van der Waals surface area (Å²) in [5.74, 6) is 0.796. The number of nitrogens with one attached hydrogen (secondary N) is 1. The molecule has 2 rings (SSSR count). The standard InChI is InChI=1S/C16H25N3O2/c1-21-15-8-6-13(7-9-15)18-16(20)12-19(11-10-17)14-4-2-3-5-14/h6-9,14H,2-5,10-12,17H2,1H3,(H,18,20). The maximum atomic E-state index is 12.2. The topological polar surface area (TPSA) is 67.6 Å². The Labute approximate surface area is 126 Å². The van der Waals surface area contributed by atoms with Crippen LogP contribution in [0.15, 0.2) is 24.3 Å². The maximum Gasteiger partial charge on any atom is 0.238 e. The van der Waals surface area contributed by atoms with Gasteiger partial charge in [-0.05, 0) is 37.1 Å². The summed E-state index contributed by atoms with van der Waals surface area (Å²) in [6, 6.07) is 7.88. The number of methoxy groups -OCH3 is 1. The van der Waals surface area contributed by atoms with Gasteiger partial charge >= 0.3 is 0 Å². The van der Waals surface area contributed by atoms with Gasteiger partial charge in [0.1, 0.15) is 5.75 Å². The number of nitrogens with two attached hydrogens (primary N) is 1. The molecule has 1 aromatic carbocycles. The van der Waals surface area contributed by atoms with Gasteiger partial charge in [0.25, 0.3) is 0 Å². The molecule has 3 N–H and O–H groups in total. The molecule has 1 amide bonds. The molecule has 116 valence electrons. The number of benzene rings is 1. The highest BCUT2D eigenvalue weighted by Crippen LogP contribution is 2.23. The fourth-order valence-electron chi connectivity index (χ4n) is 2.89. The van der Waals surface area contributed by atoms with E-state index in [-0.39, 0.29) is 5.91 Å². The van der Waals surface area contributed by atoms with Crippen molar-refractivity contribution in [3.05, 3.63) is 24.3 Å². The van der Waals surface area contributed by atoms with Crippen LogP contribution in [0.3, 0.4) is 0 Å². The van der Waals surface area contributed by atoms with Crippen LogP contribution < -0.4 is 15.8 Å². The van der Waals surface area contributed by atoms with Gasteiger partial charge in [-0.15, -0.1) is 0 Å². The number of nitrogens with zero attached hydrogens (tertiary/aromatic N) is 1. The SMILES string of the molecule is COc1ccc(NC(=O)CN(CCN)C2CCCC2)cc1. The fourth-order valence-corrected chi connectivity index (χ4v) is 2.89. The van der Waals surface area contributed by atoms with Gasteiger partial charge in [-0.2, -0.15) is 0 Å². The number of hydrogen-bond acceptors (Lipinski definition) is 4. The summed E-state index contributed by atoms with van der Waals surface area (Å²) in [6.45, 7) is 1.78. The molecule has 0 atom stereocenters. The van der Waals surface area contributed by atoms with Gasteiger partial charge in [-0.25, -0.2) is 0 Å². The van der Waals surface area contributed by atoms with Crippen LogP contribution in [0.2, 0.25) is 0 Å². The minimum Gasteiger partial charge on any atom is -0.497 e. The number of anilines is 1. The quantitative estimate of drug-likeness (QED) is 0.804. The fraction of sp³-hybridized carbons (Fsp3) is 0.562. The molecular weight excluding hydrogens is 266 g/mol. The summed E-state index contributed by atoms with van der Waals surface area (Å²) < 4.78 is 5.10. The molecule has 1 aliphatic carbocycles. The number of amides is 1. The molecule has 0 saturated heterocycles. The summed E-state index contributed by atoms with van der Waals surface area (Å²) in [5.41, 5.74) is 6.46. The number of ether oxygens (including phenoxy) is 1. The summed E-state index contributed by atoms with van der Waals surface area (Å²) in [7, 11) is 1.62. The summed E-state index contributed by atoms with van der Waals surface area (Å²) in [6.07, 6.45) is 4.86.